The molecule has 8 heteroatoms. The zero-order chi connectivity index (χ0) is 14.6. The van der Waals surface area contributed by atoms with Crippen molar-refractivity contribution in [2.75, 3.05) is 43.2 Å². The minimum atomic E-state index is -2.88. The summed E-state index contributed by atoms with van der Waals surface area (Å²) in [5, 5.41) is 4.19. The molecular formula is C12H21N3O3S2. The lowest BCUT2D eigenvalue weighted by molar-refractivity contribution is 0.199. The molecular weight excluding hydrogens is 298 g/mol. The molecule has 1 fully saturated rings. The Morgan fingerprint density at radius 1 is 1.60 bits per heavy atom. The second-order valence-corrected chi connectivity index (χ2v) is 8.26. The lowest BCUT2D eigenvalue weighted by Crippen LogP contribution is -2.46. The van der Waals surface area contributed by atoms with Gasteiger partial charge in [0.1, 0.15) is 0 Å². The Morgan fingerprint density at radius 3 is 3.10 bits per heavy atom. The predicted octanol–water partition coefficient (Wildman–Crippen LogP) is 0.502. The molecule has 1 saturated heterocycles. The van der Waals surface area contributed by atoms with E-state index in [2.05, 4.69) is 15.2 Å². The molecule has 0 spiro atoms. The van der Waals surface area contributed by atoms with Crippen LogP contribution in [0.5, 0.6) is 0 Å². The van der Waals surface area contributed by atoms with E-state index in [0.29, 0.717) is 13.2 Å². The molecule has 0 radical (unpaired) electrons. The van der Waals surface area contributed by atoms with Crippen molar-refractivity contribution < 1.29 is 13.2 Å². The van der Waals surface area contributed by atoms with Gasteiger partial charge < -0.3 is 15.0 Å². The fourth-order valence-corrected chi connectivity index (χ4v) is 4.74. The van der Waals surface area contributed by atoms with Crippen molar-refractivity contribution in [3.63, 3.8) is 0 Å². The van der Waals surface area contributed by atoms with E-state index in [9.17, 15) is 8.42 Å². The van der Waals surface area contributed by atoms with Crippen molar-refractivity contribution in [3.05, 3.63) is 11.1 Å². The van der Waals surface area contributed by atoms with Gasteiger partial charge in [0.2, 0.25) is 0 Å². The molecule has 1 aliphatic rings. The third-order valence-electron chi connectivity index (χ3n) is 3.24. The largest absolute Gasteiger partial charge is 0.383 e. The van der Waals surface area contributed by atoms with Crippen LogP contribution >= 0.6 is 11.3 Å². The van der Waals surface area contributed by atoms with Gasteiger partial charge in [0.25, 0.3) is 0 Å². The van der Waals surface area contributed by atoms with Crippen LogP contribution < -0.4 is 10.2 Å². The average Bonchev–Trinajstić information content (AvgIpc) is 2.82. The molecule has 1 aromatic heterocycles. The average molecular weight is 319 g/mol. The number of rotatable bonds is 6. The second kappa shape index (κ2) is 6.84. The maximum absolute atomic E-state index is 11.6. The summed E-state index contributed by atoms with van der Waals surface area (Å²) in [5.41, 5.74) is 0. The number of nitrogens with one attached hydrogen (secondary N) is 1. The number of ether oxygens (including phenoxy) is 1. The van der Waals surface area contributed by atoms with Crippen molar-refractivity contribution in [1.82, 2.24) is 10.3 Å². The summed E-state index contributed by atoms with van der Waals surface area (Å²) >= 11 is 1.62. The number of aromatic nitrogens is 1. The SMILES string of the molecule is COCCNCc1cnc(N2CCS(=O)(=O)CC2C)s1. The van der Waals surface area contributed by atoms with E-state index in [4.69, 9.17) is 4.74 Å². The molecule has 0 aliphatic carbocycles. The molecule has 0 aromatic carbocycles. The number of nitrogens with zero attached hydrogens (tertiary/aromatic N) is 2. The highest BCUT2D eigenvalue weighted by atomic mass is 32.2. The Labute approximate surface area is 124 Å². The lowest BCUT2D eigenvalue weighted by atomic mass is 10.3. The third kappa shape index (κ3) is 4.15. The summed E-state index contributed by atoms with van der Waals surface area (Å²) < 4.78 is 28.1. The summed E-state index contributed by atoms with van der Waals surface area (Å²) in [4.78, 5) is 7.65. The minimum Gasteiger partial charge on any atom is -0.383 e. The van der Waals surface area contributed by atoms with Crippen LogP contribution in [0, 0.1) is 0 Å². The van der Waals surface area contributed by atoms with Crippen molar-refractivity contribution >= 4 is 26.3 Å². The summed E-state index contributed by atoms with van der Waals surface area (Å²) in [6.45, 7) is 4.73. The lowest BCUT2D eigenvalue weighted by Gasteiger charge is -2.32. The number of thiazole rings is 1. The van der Waals surface area contributed by atoms with Crippen molar-refractivity contribution in [2.24, 2.45) is 0 Å². The van der Waals surface area contributed by atoms with Gasteiger partial charge in [-0.05, 0) is 6.92 Å². The molecule has 2 heterocycles. The molecule has 6 nitrogen and oxygen atoms in total. The van der Waals surface area contributed by atoms with Crippen LogP contribution in [0.3, 0.4) is 0 Å². The molecule has 2 rings (SSSR count). The Hall–Kier alpha value is -0.700. The van der Waals surface area contributed by atoms with Gasteiger partial charge in [0.05, 0.1) is 18.1 Å². The number of hydrogen-bond donors (Lipinski definition) is 1. The fraction of sp³-hybridized carbons (Fsp3) is 0.750. The van der Waals surface area contributed by atoms with Gasteiger partial charge in [-0.2, -0.15) is 0 Å². The number of sulfone groups is 1. The Balaban J connectivity index is 1.92. The van der Waals surface area contributed by atoms with Crippen LogP contribution in [0.2, 0.25) is 0 Å². The molecule has 0 bridgehead atoms. The second-order valence-electron chi connectivity index (χ2n) is 4.94. The number of anilines is 1. The molecule has 1 unspecified atom stereocenters. The van der Waals surface area contributed by atoms with Crippen molar-refractivity contribution in [2.45, 2.75) is 19.5 Å². The van der Waals surface area contributed by atoms with E-state index in [1.165, 1.54) is 0 Å². The standard InChI is InChI=1S/C12H21N3O3S2/c1-10-9-20(16,17)6-4-15(10)12-14-8-11(19-12)7-13-3-5-18-2/h8,10,13H,3-7,9H2,1-2H3. The Bertz CT molecular complexity index is 530. The molecule has 1 aliphatic heterocycles. The molecule has 1 atom stereocenters. The number of hydrogen-bond acceptors (Lipinski definition) is 7. The maximum Gasteiger partial charge on any atom is 0.185 e. The van der Waals surface area contributed by atoms with E-state index in [1.807, 2.05) is 13.1 Å². The zero-order valence-corrected chi connectivity index (χ0v) is 13.5. The van der Waals surface area contributed by atoms with E-state index < -0.39 is 9.84 Å². The van der Waals surface area contributed by atoms with Gasteiger partial charge in [-0.3, -0.25) is 0 Å². The van der Waals surface area contributed by atoms with Crippen LogP contribution in [-0.2, 0) is 21.1 Å². The van der Waals surface area contributed by atoms with Crippen LogP contribution in [0.15, 0.2) is 6.20 Å². The van der Waals surface area contributed by atoms with Crippen LogP contribution in [0.25, 0.3) is 0 Å². The molecule has 1 aromatic rings. The maximum atomic E-state index is 11.6. The van der Waals surface area contributed by atoms with E-state index in [-0.39, 0.29) is 17.5 Å². The highest BCUT2D eigenvalue weighted by Crippen LogP contribution is 2.26. The first-order valence-electron chi connectivity index (χ1n) is 6.63. The van der Waals surface area contributed by atoms with Crippen LogP contribution in [0.1, 0.15) is 11.8 Å². The molecule has 20 heavy (non-hydrogen) atoms. The van der Waals surface area contributed by atoms with Crippen molar-refractivity contribution in [1.29, 1.82) is 0 Å². The zero-order valence-electron chi connectivity index (χ0n) is 11.8. The summed E-state index contributed by atoms with van der Waals surface area (Å²) in [6, 6.07) is -0.00537. The number of methoxy groups -OCH3 is 1. The smallest absolute Gasteiger partial charge is 0.185 e. The van der Waals surface area contributed by atoms with E-state index in [0.717, 1.165) is 23.1 Å². The monoisotopic (exact) mass is 319 g/mol. The van der Waals surface area contributed by atoms with Crippen molar-refractivity contribution in [3.8, 4) is 0 Å². The molecule has 114 valence electrons. The molecule has 1 N–H and O–H groups in total. The van der Waals surface area contributed by atoms with E-state index in [1.54, 1.807) is 18.4 Å². The fourth-order valence-electron chi connectivity index (χ4n) is 2.18. The van der Waals surface area contributed by atoms with Gasteiger partial charge in [-0.15, -0.1) is 11.3 Å². The summed E-state index contributed by atoms with van der Waals surface area (Å²) in [5.74, 6) is 0.437. The molecule has 0 amide bonds. The summed E-state index contributed by atoms with van der Waals surface area (Å²) in [7, 11) is -1.20. The quantitative estimate of drug-likeness (QED) is 0.770. The normalized spacial score (nSPS) is 22.1. The van der Waals surface area contributed by atoms with E-state index >= 15 is 0 Å². The van der Waals surface area contributed by atoms with Gasteiger partial charge >= 0.3 is 0 Å². The topological polar surface area (TPSA) is 71.5 Å². The highest BCUT2D eigenvalue weighted by molar-refractivity contribution is 7.91. The van der Waals surface area contributed by atoms with Crippen LogP contribution in [-0.4, -0.2) is 57.8 Å². The van der Waals surface area contributed by atoms with Gasteiger partial charge in [0, 0.05) is 43.9 Å². The first kappa shape index (κ1) is 15.7. The third-order valence-corrected chi connectivity index (χ3v) is 6.07. The minimum absolute atomic E-state index is 0.00537. The predicted molar refractivity (Wildman–Crippen MR) is 81.2 cm³/mol. The Kier molecular flexibility index (Phi) is 5.36. The van der Waals surface area contributed by atoms with Gasteiger partial charge in [-0.1, -0.05) is 0 Å². The Morgan fingerprint density at radius 2 is 2.40 bits per heavy atom. The molecule has 0 saturated carbocycles. The van der Waals surface area contributed by atoms with Gasteiger partial charge in [0.15, 0.2) is 15.0 Å². The first-order valence-corrected chi connectivity index (χ1v) is 9.27. The van der Waals surface area contributed by atoms with Gasteiger partial charge in [-0.25, -0.2) is 13.4 Å². The van der Waals surface area contributed by atoms with Crippen LogP contribution in [0.4, 0.5) is 5.13 Å². The first-order chi connectivity index (χ1) is 9.52. The highest BCUT2D eigenvalue weighted by Gasteiger charge is 2.29. The summed E-state index contributed by atoms with van der Waals surface area (Å²) in [6.07, 6.45) is 1.86.